The molecule has 1 aromatic heterocycles. The third-order valence-corrected chi connectivity index (χ3v) is 2.48. The molecule has 0 aliphatic heterocycles. The molecule has 0 unspecified atom stereocenters. The first-order valence-corrected chi connectivity index (χ1v) is 5.19. The molecule has 0 aliphatic carbocycles. The SMILES string of the molecule is Cc1cccc(-n2ncc(C(=O)O)c2C(N)=O)c1. The van der Waals surface area contributed by atoms with E-state index >= 15 is 0 Å². The molecule has 0 fully saturated rings. The number of aromatic carboxylic acids is 1. The molecule has 0 saturated carbocycles. The number of benzene rings is 1. The van der Waals surface area contributed by atoms with Crippen molar-refractivity contribution >= 4 is 11.9 Å². The molecule has 2 rings (SSSR count). The molecule has 6 heteroatoms. The van der Waals surface area contributed by atoms with Crippen molar-refractivity contribution in [3.8, 4) is 5.69 Å². The molecular weight excluding hydrogens is 234 g/mol. The second kappa shape index (κ2) is 4.33. The van der Waals surface area contributed by atoms with Crippen molar-refractivity contribution in [2.45, 2.75) is 6.92 Å². The third-order valence-electron chi connectivity index (χ3n) is 2.48. The lowest BCUT2D eigenvalue weighted by Gasteiger charge is -2.06. The van der Waals surface area contributed by atoms with Crippen LogP contribution < -0.4 is 5.73 Å². The summed E-state index contributed by atoms with van der Waals surface area (Å²) < 4.78 is 1.23. The highest BCUT2D eigenvalue weighted by Gasteiger charge is 2.21. The Morgan fingerprint density at radius 3 is 2.67 bits per heavy atom. The minimum absolute atomic E-state index is 0.131. The number of aromatic nitrogens is 2. The number of carbonyl (C=O) groups excluding carboxylic acids is 1. The highest BCUT2D eigenvalue weighted by atomic mass is 16.4. The summed E-state index contributed by atoms with van der Waals surface area (Å²) in [6, 6.07) is 7.18. The Labute approximate surface area is 103 Å². The van der Waals surface area contributed by atoms with Crippen LogP contribution in [0.15, 0.2) is 30.5 Å². The van der Waals surface area contributed by atoms with Gasteiger partial charge in [-0.3, -0.25) is 4.79 Å². The molecule has 1 heterocycles. The highest BCUT2D eigenvalue weighted by molar-refractivity contribution is 6.03. The molecule has 92 valence electrons. The average Bonchev–Trinajstić information content (AvgIpc) is 2.73. The van der Waals surface area contributed by atoms with Crippen LogP contribution in [0.25, 0.3) is 5.69 Å². The number of carboxylic acids is 1. The van der Waals surface area contributed by atoms with Gasteiger partial charge in [0.05, 0.1) is 11.9 Å². The average molecular weight is 245 g/mol. The van der Waals surface area contributed by atoms with Gasteiger partial charge in [-0.05, 0) is 24.6 Å². The van der Waals surface area contributed by atoms with Crippen LogP contribution in [-0.4, -0.2) is 26.8 Å². The van der Waals surface area contributed by atoms with Crippen molar-refractivity contribution in [2.24, 2.45) is 5.73 Å². The van der Waals surface area contributed by atoms with E-state index < -0.39 is 11.9 Å². The van der Waals surface area contributed by atoms with E-state index in [1.54, 1.807) is 18.2 Å². The first kappa shape index (κ1) is 11.8. The fourth-order valence-corrected chi connectivity index (χ4v) is 1.70. The number of hydrogen-bond acceptors (Lipinski definition) is 3. The van der Waals surface area contributed by atoms with E-state index in [1.165, 1.54) is 4.68 Å². The summed E-state index contributed by atoms with van der Waals surface area (Å²) >= 11 is 0. The number of carbonyl (C=O) groups is 2. The predicted molar refractivity (Wildman–Crippen MR) is 63.8 cm³/mol. The molecule has 0 spiro atoms. The molecule has 0 saturated heterocycles. The summed E-state index contributed by atoms with van der Waals surface area (Å²) in [4.78, 5) is 22.3. The predicted octanol–water partition coefficient (Wildman–Crippen LogP) is 0.978. The molecular formula is C12H11N3O3. The van der Waals surface area contributed by atoms with Crippen LogP contribution in [0.4, 0.5) is 0 Å². The molecule has 2 aromatic rings. The van der Waals surface area contributed by atoms with Crippen LogP contribution in [0.2, 0.25) is 0 Å². The van der Waals surface area contributed by atoms with Crippen molar-refractivity contribution in [1.82, 2.24) is 9.78 Å². The number of hydrogen-bond donors (Lipinski definition) is 2. The zero-order valence-corrected chi connectivity index (χ0v) is 9.62. The Kier molecular flexibility index (Phi) is 2.85. The maximum atomic E-state index is 11.4. The van der Waals surface area contributed by atoms with Gasteiger partial charge in [-0.1, -0.05) is 12.1 Å². The van der Waals surface area contributed by atoms with E-state index in [1.807, 2.05) is 13.0 Å². The van der Waals surface area contributed by atoms with Gasteiger partial charge in [-0.2, -0.15) is 5.10 Å². The second-order valence-corrected chi connectivity index (χ2v) is 3.83. The molecule has 1 aromatic carbocycles. The molecule has 0 atom stereocenters. The maximum absolute atomic E-state index is 11.4. The minimum atomic E-state index is -1.23. The number of rotatable bonds is 3. The van der Waals surface area contributed by atoms with E-state index in [0.29, 0.717) is 5.69 Å². The number of nitrogens with two attached hydrogens (primary N) is 1. The summed E-state index contributed by atoms with van der Waals surface area (Å²) in [6.07, 6.45) is 1.12. The lowest BCUT2D eigenvalue weighted by Crippen LogP contribution is -2.20. The van der Waals surface area contributed by atoms with Gasteiger partial charge < -0.3 is 10.8 Å². The molecule has 0 aliphatic rings. The lowest BCUT2D eigenvalue weighted by molar-refractivity contribution is 0.0692. The van der Waals surface area contributed by atoms with Crippen molar-refractivity contribution in [3.05, 3.63) is 47.3 Å². The van der Waals surface area contributed by atoms with Gasteiger partial charge in [0.2, 0.25) is 0 Å². The van der Waals surface area contributed by atoms with E-state index in [9.17, 15) is 9.59 Å². The Hall–Kier alpha value is -2.63. The van der Waals surface area contributed by atoms with Crippen molar-refractivity contribution in [1.29, 1.82) is 0 Å². The first-order valence-electron chi connectivity index (χ1n) is 5.19. The lowest BCUT2D eigenvalue weighted by atomic mass is 10.2. The van der Waals surface area contributed by atoms with E-state index in [-0.39, 0.29) is 11.3 Å². The Morgan fingerprint density at radius 1 is 1.39 bits per heavy atom. The molecule has 0 radical (unpaired) electrons. The van der Waals surface area contributed by atoms with Gasteiger partial charge in [0.15, 0.2) is 0 Å². The van der Waals surface area contributed by atoms with Gasteiger partial charge in [-0.25, -0.2) is 9.48 Å². The van der Waals surface area contributed by atoms with E-state index in [4.69, 9.17) is 10.8 Å². The number of amides is 1. The van der Waals surface area contributed by atoms with Gasteiger partial charge in [0, 0.05) is 0 Å². The summed E-state index contributed by atoms with van der Waals surface area (Å²) in [5.74, 6) is -2.06. The van der Waals surface area contributed by atoms with Gasteiger partial charge >= 0.3 is 5.97 Å². The summed E-state index contributed by atoms with van der Waals surface area (Å²) in [5, 5.41) is 12.9. The fourth-order valence-electron chi connectivity index (χ4n) is 1.70. The topological polar surface area (TPSA) is 98.2 Å². The van der Waals surface area contributed by atoms with Crippen LogP contribution >= 0.6 is 0 Å². The van der Waals surface area contributed by atoms with Crippen LogP contribution in [0.3, 0.4) is 0 Å². The Morgan fingerprint density at radius 2 is 2.11 bits per heavy atom. The smallest absolute Gasteiger partial charge is 0.339 e. The highest BCUT2D eigenvalue weighted by Crippen LogP contribution is 2.15. The Bertz CT molecular complexity index is 631. The zero-order valence-electron chi connectivity index (χ0n) is 9.62. The quantitative estimate of drug-likeness (QED) is 0.841. The summed E-state index contributed by atoms with van der Waals surface area (Å²) in [5.41, 5.74) is 6.44. The van der Waals surface area contributed by atoms with Gasteiger partial charge in [0.1, 0.15) is 11.3 Å². The monoisotopic (exact) mass is 245 g/mol. The normalized spacial score (nSPS) is 10.3. The standard InChI is InChI=1S/C12H11N3O3/c1-7-3-2-4-8(5-7)15-10(11(13)16)9(6-14-15)12(17)18/h2-6H,1H3,(H2,13,16)(H,17,18). The van der Waals surface area contributed by atoms with Crippen LogP contribution in [0.5, 0.6) is 0 Å². The fraction of sp³-hybridized carbons (Fsp3) is 0.0833. The summed E-state index contributed by atoms with van der Waals surface area (Å²) in [6.45, 7) is 1.88. The van der Waals surface area contributed by atoms with Crippen LogP contribution in [0.1, 0.15) is 26.4 Å². The number of primary amides is 1. The molecule has 1 amide bonds. The largest absolute Gasteiger partial charge is 0.478 e. The van der Waals surface area contributed by atoms with Gasteiger partial charge in [-0.15, -0.1) is 0 Å². The minimum Gasteiger partial charge on any atom is -0.478 e. The Balaban J connectivity index is 2.65. The zero-order chi connectivity index (χ0) is 13.3. The van der Waals surface area contributed by atoms with Gasteiger partial charge in [0.25, 0.3) is 5.91 Å². The number of carboxylic acid groups (broad SMARTS) is 1. The van der Waals surface area contributed by atoms with Crippen molar-refractivity contribution in [3.63, 3.8) is 0 Å². The second-order valence-electron chi connectivity index (χ2n) is 3.83. The molecule has 6 nitrogen and oxygen atoms in total. The number of nitrogens with zero attached hydrogens (tertiary/aromatic N) is 2. The summed E-state index contributed by atoms with van der Waals surface area (Å²) in [7, 11) is 0. The third kappa shape index (κ3) is 1.95. The number of aryl methyl sites for hydroxylation is 1. The van der Waals surface area contributed by atoms with Crippen molar-refractivity contribution in [2.75, 3.05) is 0 Å². The molecule has 3 N–H and O–H groups in total. The maximum Gasteiger partial charge on any atom is 0.339 e. The molecule has 18 heavy (non-hydrogen) atoms. The molecule has 0 bridgehead atoms. The van der Waals surface area contributed by atoms with Crippen molar-refractivity contribution < 1.29 is 14.7 Å². The van der Waals surface area contributed by atoms with Crippen LogP contribution in [0, 0.1) is 6.92 Å². The van der Waals surface area contributed by atoms with Crippen LogP contribution in [-0.2, 0) is 0 Å². The van der Waals surface area contributed by atoms with E-state index in [2.05, 4.69) is 5.10 Å². The first-order chi connectivity index (χ1) is 8.50. The van der Waals surface area contributed by atoms with E-state index in [0.717, 1.165) is 11.8 Å².